The molecular weight excluding hydrogens is 332 g/mol. The highest BCUT2D eigenvalue weighted by molar-refractivity contribution is 7.98. The fraction of sp³-hybridized carbons (Fsp3) is 0.211. The van der Waals surface area contributed by atoms with Crippen LogP contribution in [0.3, 0.4) is 0 Å². The Labute approximate surface area is 149 Å². The quantitative estimate of drug-likeness (QED) is 0.531. The number of hydrogen-bond donors (Lipinski definition) is 0. The molecule has 0 aliphatic heterocycles. The number of benzene rings is 2. The van der Waals surface area contributed by atoms with Crippen molar-refractivity contribution in [2.24, 2.45) is 7.05 Å². The van der Waals surface area contributed by atoms with Crippen LogP contribution in [0.5, 0.6) is 0 Å². The van der Waals surface area contributed by atoms with Crippen LogP contribution in [0.4, 0.5) is 0 Å². The third-order valence-corrected chi connectivity index (χ3v) is 5.53. The van der Waals surface area contributed by atoms with Gasteiger partial charge in [0.2, 0.25) is 5.78 Å². The normalized spacial score (nSPS) is 11.5. The molecule has 2 aromatic heterocycles. The maximum atomic E-state index is 12.5. The summed E-state index contributed by atoms with van der Waals surface area (Å²) in [5, 5.41) is 9.25. The molecule has 0 amide bonds. The van der Waals surface area contributed by atoms with E-state index < -0.39 is 0 Å². The van der Waals surface area contributed by atoms with E-state index in [4.69, 9.17) is 0 Å². The fourth-order valence-electron chi connectivity index (χ4n) is 2.94. The highest BCUT2D eigenvalue weighted by atomic mass is 32.2. The van der Waals surface area contributed by atoms with Gasteiger partial charge in [-0.3, -0.25) is 13.8 Å². The van der Waals surface area contributed by atoms with Crippen LogP contribution in [0.2, 0.25) is 0 Å². The molecule has 5 nitrogen and oxygen atoms in total. The SMILES string of the molecule is Cc1ccc(SCc2nnc3n(C)c(=O)c4ccccc4n23)cc1C. The second-order valence-electron chi connectivity index (χ2n) is 6.17. The minimum absolute atomic E-state index is 0.0520. The van der Waals surface area contributed by atoms with Crippen molar-refractivity contribution in [3.63, 3.8) is 0 Å². The van der Waals surface area contributed by atoms with Crippen molar-refractivity contribution >= 4 is 28.4 Å². The highest BCUT2D eigenvalue weighted by Crippen LogP contribution is 2.25. The predicted molar refractivity (Wildman–Crippen MR) is 101 cm³/mol. The Hall–Kier alpha value is -2.60. The van der Waals surface area contributed by atoms with Gasteiger partial charge in [0, 0.05) is 11.9 Å². The van der Waals surface area contributed by atoms with Crippen molar-refractivity contribution in [3.8, 4) is 0 Å². The number of hydrogen-bond acceptors (Lipinski definition) is 4. The molecule has 4 aromatic rings. The molecule has 0 N–H and O–H groups in total. The van der Waals surface area contributed by atoms with E-state index in [1.807, 2.05) is 28.7 Å². The van der Waals surface area contributed by atoms with Crippen molar-refractivity contribution < 1.29 is 0 Å². The van der Waals surface area contributed by atoms with Crippen LogP contribution in [0.15, 0.2) is 52.2 Å². The fourth-order valence-corrected chi connectivity index (χ4v) is 3.84. The maximum Gasteiger partial charge on any atom is 0.262 e. The molecule has 0 saturated heterocycles. The molecule has 25 heavy (non-hydrogen) atoms. The Morgan fingerprint density at radius 2 is 1.84 bits per heavy atom. The summed E-state index contributed by atoms with van der Waals surface area (Å²) in [5.41, 5.74) is 3.37. The minimum Gasteiger partial charge on any atom is -0.279 e. The molecule has 2 heterocycles. The van der Waals surface area contributed by atoms with E-state index in [0.29, 0.717) is 16.9 Å². The number of aryl methyl sites for hydroxylation is 3. The first kappa shape index (κ1) is 15.9. The van der Waals surface area contributed by atoms with E-state index in [-0.39, 0.29) is 5.56 Å². The number of thioether (sulfide) groups is 1. The highest BCUT2D eigenvalue weighted by Gasteiger charge is 2.14. The van der Waals surface area contributed by atoms with Crippen LogP contribution in [0.1, 0.15) is 17.0 Å². The molecule has 0 radical (unpaired) electrons. The molecule has 0 atom stereocenters. The zero-order valence-electron chi connectivity index (χ0n) is 14.4. The summed E-state index contributed by atoms with van der Waals surface area (Å²) >= 11 is 1.72. The van der Waals surface area contributed by atoms with Gasteiger partial charge in [-0.15, -0.1) is 22.0 Å². The molecule has 0 aliphatic carbocycles. The van der Waals surface area contributed by atoms with Crippen LogP contribution in [0, 0.1) is 13.8 Å². The first-order chi connectivity index (χ1) is 12.1. The smallest absolute Gasteiger partial charge is 0.262 e. The largest absolute Gasteiger partial charge is 0.279 e. The van der Waals surface area contributed by atoms with Crippen LogP contribution in [-0.4, -0.2) is 19.2 Å². The Balaban J connectivity index is 1.80. The predicted octanol–water partition coefficient (Wildman–Crippen LogP) is 3.49. The Morgan fingerprint density at radius 3 is 2.64 bits per heavy atom. The van der Waals surface area contributed by atoms with Gasteiger partial charge in [-0.2, -0.15) is 0 Å². The molecule has 2 aromatic carbocycles. The van der Waals surface area contributed by atoms with Crippen molar-refractivity contribution in [2.75, 3.05) is 0 Å². The molecule has 6 heteroatoms. The van der Waals surface area contributed by atoms with Gasteiger partial charge in [0.05, 0.1) is 16.7 Å². The van der Waals surface area contributed by atoms with Gasteiger partial charge in [0.1, 0.15) is 5.82 Å². The van der Waals surface area contributed by atoms with Gasteiger partial charge in [-0.1, -0.05) is 18.2 Å². The average molecular weight is 350 g/mol. The lowest BCUT2D eigenvalue weighted by atomic mass is 10.1. The number of fused-ring (bicyclic) bond motifs is 3. The second kappa shape index (κ2) is 6.04. The zero-order valence-corrected chi connectivity index (χ0v) is 15.2. The standard InChI is InChI=1S/C19H18N4OS/c1-12-8-9-14(10-13(12)2)25-11-17-20-21-19-22(3)18(24)15-6-4-5-7-16(15)23(17)19/h4-10H,11H2,1-3H3. The van der Waals surface area contributed by atoms with Gasteiger partial charge in [0.25, 0.3) is 5.56 Å². The third kappa shape index (κ3) is 2.62. The Morgan fingerprint density at radius 1 is 1.04 bits per heavy atom. The topological polar surface area (TPSA) is 52.2 Å². The van der Waals surface area contributed by atoms with Gasteiger partial charge < -0.3 is 0 Å². The molecule has 0 saturated carbocycles. The summed E-state index contributed by atoms with van der Waals surface area (Å²) in [6.45, 7) is 4.23. The number of aromatic nitrogens is 4. The summed E-state index contributed by atoms with van der Waals surface area (Å²) in [6, 6.07) is 14.1. The first-order valence-electron chi connectivity index (χ1n) is 8.08. The summed E-state index contributed by atoms with van der Waals surface area (Å²) in [6.07, 6.45) is 0. The summed E-state index contributed by atoms with van der Waals surface area (Å²) in [5.74, 6) is 2.09. The van der Waals surface area contributed by atoms with E-state index in [1.165, 1.54) is 16.0 Å². The van der Waals surface area contributed by atoms with E-state index in [1.54, 1.807) is 23.4 Å². The first-order valence-corrected chi connectivity index (χ1v) is 9.06. The number of nitrogens with zero attached hydrogens (tertiary/aromatic N) is 4. The van der Waals surface area contributed by atoms with Gasteiger partial charge >= 0.3 is 0 Å². The lowest BCUT2D eigenvalue weighted by Gasteiger charge is -2.08. The molecule has 0 fully saturated rings. The molecular formula is C19H18N4OS. The molecule has 0 bridgehead atoms. The zero-order chi connectivity index (χ0) is 17.6. The van der Waals surface area contributed by atoms with Crippen LogP contribution in [0.25, 0.3) is 16.7 Å². The lowest BCUT2D eigenvalue weighted by Crippen LogP contribution is -2.20. The van der Waals surface area contributed by atoms with Gasteiger partial charge in [-0.25, -0.2) is 0 Å². The molecule has 0 spiro atoms. The van der Waals surface area contributed by atoms with Crippen molar-refractivity contribution in [1.29, 1.82) is 0 Å². The molecule has 126 valence electrons. The monoisotopic (exact) mass is 350 g/mol. The van der Waals surface area contributed by atoms with Gasteiger partial charge in [0.15, 0.2) is 0 Å². The molecule has 0 aliphatic rings. The maximum absolute atomic E-state index is 12.5. The van der Waals surface area contributed by atoms with E-state index in [0.717, 1.165) is 11.3 Å². The summed E-state index contributed by atoms with van der Waals surface area (Å²) in [7, 11) is 1.74. The van der Waals surface area contributed by atoms with Crippen LogP contribution < -0.4 is 5.56 Å². The second-order valence-corrected chi connectivity index (χ2v) is 7.22. The van der Waals surface area contributed by atoms with E-state index in [9.17, 15) is 4.79 Å². The van der Waals surface area contributed by atoms with Crippen LogP contribution in [-0.2, 0) is 12.8 Å². The lowest BCUT2D eigenvalue weighted by molar-refractivity contribution is 0.858. The average Bonchev–Trinajstić information content (AvgIpc) is 3.05. The van der Waals surface area contributed by atoms with E-state index >= 15 is 0 Å². The minimum atomic E-state index is -0.0520. The number of rotatable bonds is 3. The van der Waals surface area contributed by atoms with Crippen LogP contribution >= 0.6 is 11.8 Å². The summed E-state index contributed by atoms with van der Waals surface area (Å²) < 4.78 is 3.53. The van der Waals surface area contributed by atoms with E-state index in [2.05, 4.69) is 42.2 Å². The summed E-state index contributed by atoms with van der Waals surface area (Å²) in [4.78, 5) is 13.7. The molecule has 4 rings (SSSR count). The molecule has 0 unspecified atom stereocenters. The Kier molecular flexibility index (Phi) is 3.84. The van der Waals surface area contributed by atoms with Crippen molar-refractivity contribution in [2.45, 2.75) is 24.5 Å². The van der Waals surface area contributed by atoms with Crippen molar-refractivity contribution in [3.05, 3.63) is 69.8 Å². The Bertz CT molecular complexity index is 1160. The third-order valence-electron chi connectivity index (χ3n) is 4.54. The number of para-hydroxylation sites is 1. The van der Waals surface area contributed by atoms with Gasteiger partial charge in [-0.05, 0) is 49.2 Å². The van der Waals surface area contributed by atoms with Crippen molar-refractivity contribution in [1.82, 2.24) is 19.2 Å².